The molecule has 1 aromatic rings. The fourth-order valence-electron chi connectivity index (χ4n) is 1.60. The molecule has 0 unspecified atom stereocenters. The highest BCUT2D eigenvalue weighted by molar-refractivity contribution is 5.92. The van der Waals surface area contributed by atoms with E-state index in [0.29, 0.717) is 23.2 Å². The van der Waals surface area contributed by atoms with Gasteiger partial charge in [-0.2, -0.15) is 13.2 Å². The number of aliphatic hydroxyl groups excluding tert-OH is 1. The zero-order chi connectivity index (χ0) is 15.2. The Labute approximate surface area is 114 Å². The molecule has 0 spiro atoms. The minimum Gasteiger partial charge on any atom is -0.384 e. The number of aryl methyl sites for hydroxylation is 1. The summed E-state index contributed by atoms with van der Waals surface area (Å²) in [7, 11) is 0. The third-order valence-electron chi connectivity index (χ3n) is 2.43. The minimum atomic E-state index is -4.52. The Balaban J connectivity index is 2.88. The van der Waals surface area contributed by atoms with Crippen LogP contribution in [0.5, 0.6) is 0 Å². The lowest BCUT2D eigenvalue weighted by Crippen LogP contribution is -2.21. The Morgan fingerprint density at radius 3 is 2.65 bits per heavy atom. The first-order chi connectivity index (χ1) is 9.35. The Morgan fingerprint density at radius 1 is 1.40 bits per heavy atom. The van der Waals surface area contributed by atoms with Crippen molar-refractivity contribution >= 4 is 11.6 Å². The molecule has 0 aliphatic rings. The number of benzene rings is 1. The van der Waals surface area contributed by atoms with Crippen LogP contribution < -0.4 is 5.32 Å². The van der Waals surface area contributed by atoms with Gasteiger partial charge >= 0.3 is 6.18 Å². The number of nitrogens with one attached hydrogen (secondary N) is 1. The van der Waals surface area contributed by atoms with Gasteiger partial charge in [-0.15, -0.1) is 0 Å². The van der Waals surface area contributed by atoms with Gasteiger partial charge in [-0.25, -0.2) is 0 Å². The van der Waals surface area contributed by atoms with Gasteiger partial charge < -0.3 is 10.4 Å². The molecule has 0 atom stereocenters. The number of carbonyl (C=O) groups is 1. The summed E-state index contributed by atoms with van der Waals surface area (Å²) in [5, 5.41) is 10.8. The van der Waals surface area contributed by atoms with Crippen molar-refractivity contribution in [3.63, 3.8) is 0 Å². The molecule has 0 radical (unpaired) electrons. The van der Waals surface area contributed by atoms with Gasteiger partial charge in [0.1, 0.15) is 13.0 Å². The van der Waals surface area contributed by atoms with Crippen molar-refractivity contribution in [1.29, 1.82) is 0 Å². The maximum atomic E-state index is 12.1. The molecule has 2 N–H and O–H groups in total. The molecule has 0 heterocycles. The van der Waals surface area contributed by atoms with Gasteiger partial charge in [0.25, 0.3) is 0 Å². The van der Waals surface area contributed by atoms with Gasteiger partial charge in [-0.3, -0.25) is 4.79 Å². The molecule has 0 aromatic heterocycles. The fourth-order valence-corrected chi connectivity index (χ4v) is 1.60. The van der Waals surface area contributed by atoms with E-state index < -0.39 is 18.5 Å². The second kappa shape index (κ2) is 6.96. The summed E-state index contributed by atoms with van der Waals surface area (Å²) in [6.45, 7) is 1.55. The first kappa shape index (κ1) is 16.1. The van der Waals surface area contributed by atoms with Crippen LogP contribution >= 0.6 is 0 Å². The van der Waals surface area contributed by atoms with E-state index in [1.165, 1.54) is 6.07 Å². The van der Waals surface area contributed by atoms with Gasteiger partial charge in [0.2, 0.25) is 5.91 Å². The maximum absolute atomic E-state index is 12.1. The van der Waals surface area contributed by atoms with Crippen molar-refractivity contribution in [2.45, 2.75) is 25.9 Å². The molecule has 0 aliphatic carbocycles. The Morgan fingerprint density at radius 2 is 2.10 bits per heavy atom. The molecule has 0 aliphatic heterocycles. The maximum Gasteiger partial charge on any atom is 0.397 e. The smallest absolute Gasteiger partial charge is 0.384 e. The van der Waals surface area contributed by atoms with Crippen molar-refractivity contribution < 1.29 is 23.1 Å². The lowest BCUT2D eigenvalue weighted by Gasteiger charge is -2.11. The molecule has 0 saturated heterocycles. The summed E-state index contributed by atoms with van der Waals surface area (Å²) in [6, 6.07) is 4.76. The molecular weight excluding hydrogens is 271 g/mol. The summed E-state index contributed by atoms with van der Waals surface area (Å²) < 4.78 is 36.3. The summed E-state index contributed by atoms with van der Waals surface area (Å²) in [5.74, 6) is 4.08. The van der Waals surface area contributed by atoms with Crippen molar-refractivity contribution in [2.75, 3.05) is 11.9 Å². The Bertz CT molecular complexity index is 542. The van der Waals surface area contributed by atoms with Gasteiger partial charge in [-0.05, 0) is 30.2 Å². The van der Waals surface area contributed by atoms with Crippen molar-refractivity contribution in [2.24, 2.45) is 0 Å². The van der Waals surface area contributed by atoms with Gasteiger partial charge in [0.15, 0.2) is 0 Å². The van der Waals surface area contributed by atoms with Crippen LogP contribution in [-0.4, -0.2) is 23.8 Å². The predicted octanol–water partition coefficient (Wildman–Crippen LogP) is 2.48. The van der Waals surface area contributed by atoms with Crippen LogP contribution in [0.25, 0.3) is 0 Å². The number of hydrogen-bond acceptors (Lipinski definition) is 2. The van der Waals surface area contributed by atoms with Crippen LogP contribution in [0.1, 0.15) is 24.5 Å². The van der Waals surface area contributed by atoms with Crippen LogP contribution in [0.2, 0.25) is 0 Å². The Kier molecular flexibility index (Phi) is 5.59. The number of aliphatic hydroxyl groups is 1. The van der Waals surface area contributed by atoms with E-state index in [1.54, 1.807) is 12.1 Å². The van der Waals surface area contributed by atoms with E-state index in [-0.39, 0.29) is 6.61 Å². The molecule has 0 bridgehead atoms. The van der Waals surface area contributed by atoms with E-state index in [9.17, 15) is 18.0 Å². The molecule has 6 heteroatoms. The highest BCUT2D eigenvalue weighted by Gasteiger charge is 2.31. The van der Waals surface area contributed by atoms with E-state index in [4.69, 9.17) is 5.11 Å². The molecule has 20 heavy (non-hydrogen) atoms. The van der Waals surface area contributed by atoms with E-state index in [1.807, 2.05) is 6.92 Å². The number of anilines is 1. The standard InChI is InChI=1S/C14H14F3NO2/c1-2-11-8-10(4-3-7-19)5-6-12(11)18-13(20)9-14(15,16)17/h5-6,8,19H,2,7,9H2,1H3,(H,18,20). The van der Waals surface area contributed by atoms with Crippen molar-refractivity contribution in [3.8, 4) is 11.8 Å². The molecule has 0 fully saturated rings. The third-order valence-corrected chi connectivity index (χ3v) is 2.43. The number of hydrogen-bond donors (Lipinski definition) is 2. The molecule has 3 nitrogen and oxygen atoms in total. The van der Waals surface area contributed by atoms with Crippen molar-refractivity contribution in [1.82, 2.24) is 0 Å². The number of alkyl halides is 3. The number of amides is 1. The highest BCUT2D eigenvalue weighted by atomic mass is 19.4. The number of carbonyl (C=O) groups excluding carboxylic acids is 1. The lowest BCUT2D eigenvalue weighted by atomic mass is 10.1. The average molecular weight is 285 g/mol. The second-order valence-corrected chi connectivity index (χ2v) is 4.03. The van der Waals surface area contributed by atoms with E-state index in [0.717, 1.165) is 0 Å². The van der Waals surface area contributed by atoms with Crippen LogP contribution in [-0.2, 0) is 11.2 Å². The zero-order valence-corrected chi connectivity index (χ0v) is 10.8. The van der Waals surface area contributed by atoms with Crippen LogP contribution in [0.15, 0.2) is 18.2 Å². The molecular formula is C14H14F3NO2. The molecule has 1 aromatic carbocycles. The minimum absolute atomic E-state index is 0.272. The second-order valence-electron chi connectivity index (χ2n) is 4.03. The van der Waals surface area contributed by atoms with Crippen LogP contribution in [0, 0.1) is 11.8 Å². The van der Waals surface area contributed by atoms with E-state index >= 15 is 0 Å². The zero-order valence-electron chi connectivity index (χ0n) is 10.8. The topological polar surface area (TPSA) is 49.3 Å². The number of rotatable bonds is 3. The van der Waals surface area contributed by atoms with Gasteiger partial charge in [0.05, 0.1) is 0 Å². The largest absolute Gasteiger partial charge is 0.397 e. The summed E-state index contributed by atoms with van der Waals surface area (Å²) in [4.78, 5) is 11.3. The van der Waals surface area contributed by atoms with Crippen molar-refractivity contribution in [3.05, 3.63) is 29.3 Å². The normalized spacial score (nSPS) is 10.7. The Hall–Kier alpha value is -2.00. The molecule has 108 valence electrons. The predicted molar refractivity (Wildman–Crippen MR) is 69.1 cm³/mol. The molecule has 0 saturated carbocycles. The molecule has 1 amide bonds. The third kappa shape index (κ3) is 5.33. The fraction of sp³-hybridized carbons (Fsp3) is 0.357. The summed E-state index contributed by atoms with van der Waals surface area (Å²) in [6.07, 6.45) is -5.50. The van der Waals surface area contributed by atoms with Gasteiger partial charge in [-0.1, -0.05) is 18.8 Å². The highest BCUT2D eigenvalue weighted by Crippen LogP contribution is 2.22. The quantitative estimate of drug-likeness (QED) is 0.838. The first-order valence-corrected chi connectivity index (χ1v) is 5.95. The first-order valence-electron chi connectivity index (χ1n) is 5.95. The lowest BCUT2D eigenvalue weighted by molar-refractivity contribution is -0.150. The van der Waals surface area contributed by atoms with E-state index in [2.05, 4.69) is 17.2 Å². The van der Waals surface area contributed by atoms with Crippen LogP contribution in [0.3, 0.4) is 0 Å². The summed E-state index contributed by atoms with van der Waals surface area (Å²) >= 11 is 0. The SMILES string of the molecule is CCc1cc(C#CCO)ccc1NC(=O)CC(F)(F)F. The summed E-state index contributed by atoms with van der Waals surface area (Å²) in [5.41, 5.74) is 1.66. The van der Waals surface area contributed by atoms with Crippen LogP contribution in [0.4, 0.5) is 18.9 Å². The monoisotopic (exact) mass is 285 g/mol. The van der Waals surface area contributed by atoms with Gasteiger partial charge in [0, 0.05) is 11.3 Å². The molecule has 1 rings (SSSR count). The average Bonchev–Trinajstić information content (AvgIpc) is 2.35. The number of halogens is 3.